The number of fused-ring (bicyclic) bond motifs is 2. The second kappa shape index (κ2) is 6.60. The Morgan fingerprint density at radius 1 is 1.17 bits per heavy atom. The molecule has 3 aromatic rings. The van der Waals surface area contributed by atoms with Crippen molar-refractivity contribution in [1.29, 1.82) is 5.26 Å². The molecule has 29 heavy (non-hydrogen) atoms. The van der Waals surface area contributed by atoms with Crippen LogP contribution in [-0.4, -0.2) is 17.0 Å². The molecule has 0 spiro atoms. The van der Waals surface area contributed by atoms with Gasteiger partial charge in [0.05, 0.1) is 17.2 Å². The lowest BCUT2D eigenvalue weighted by Crippen LogP contribution is -2.21. The molecular formula is C22H18N4O3. The van der Waals surface area contributed by atoms with E-state index in [1.807, 2.05) is 30.3 Å². The third-order valence-corrected chi connectivity index (χ3v) is 5.32. The molecule has 3 heterocycles. The van der Waals surface area contributed by atoms with Crippen molar-refractivity contribution in [2.24, 2.45) is 5.73 Å². The zero-order valence-electron chi connectivity index (χ0n) is 15.7. The number of nitrogens with zero attached hydrogens (tertiary/aromatic N) is 2. The van der Waals surface area contributed by atoms with Gasteiger partial charge in [-0.25, -0.2) is 0 Å². The molecule has 3 N–H and O–H groups in total. The van der Waals surface area contributed by atoms with Crippen LogP contribution >= 0.6 is 0 Å². The van der Waals surface area contributed by atoms with Crippen molar-refractivity contribution in [2.75, 3.05) is 6.79 Å². The lowest BCUT2D eigenvalue weighted by Gasteiger charge is -2.24. The van der Waals surface area contributed by atoms with E-state index in [1.54, 1.807) is 0 Å². The van der Waals surface area contributed by atoms with E-state index in [0.717, 1.165) is 28.8 Å². The second-order valence-corrected chi connectivity index (χ2v) is 6.91. The van der Waals surface area contributed by atoms with Crippen LogP contribution < -0.4 is 19.9 Å². The largest absolute Gasteiger partial charge is 0.454 e. The highest BCUT2D eigenvalue weighted by Gasteiger charge is 2.35. The summed E-state index contributed by atoms with van der Waals surface area (Å²) < 4.78 is 16.6. The van der Waals surface area contributed by atoms with Gasteiger partial charge in [-0.15, -0.1) is 5.10 Å². The van der Waals surface area contributed by atoms with Gasteiger partial charge in [0.25, 0.3) is 0 Å². The molecule has 5 rings (SSSR count). The topological polar surface area (TPSA) is 106 Å². The van der Waals surface area contributed by atoms with Crippen LogP contribution in [0.25, 0.3) is 11.3 Å². The SMILES string of the molecule is CCc1ccc([C@@H]2C(C#N)=C(N)Oc3n[nH]c(-c4ccc5c(c4)OCO5)c32)cc1. The van der Waals surface area contributed by atoms with E-state index in [-0.39, 0.29) is 18.6 Å². The number of nitriles is 1. The van der Waals surface area contributed by atoms with E-state index < -0.39 is 0 Å². The molecule has 1 atom stereocenters. The van der Waals surface area contributed by atoms with Crippen LogP contribution in [0.4, 0.5) is 0 Å². The molecule has 0 bridgehead atoms. The Balaban J connectivity index is 1.68. The summed E-state index contributed by atoms with van der Waals surface area (Å²) in [5, 5.41) is 17.2. The number of nitrogens with two attached hydrogens (primary N) is 1. The molecule has 7 nitrogen and oxygen atoms in total. The summed E-state index contributed by atoms with van der Waals surface area (Å²) in [5.74, 6) is 1.44. The molecular weight excluding hydrogens is 368 g/mol. The smallest absolute Gasteiger partial charge is 0.244 e. The molecule has 2 aliphatic rings. The quantitative estimate of drug-likeness (QED) is 0.713. The Kier molecular flexibility index (Phi) is 3.91. The Bertz CT molecular complexity index is 1170. The third-order valence-electron chi connectivity index (χ3n) is 5.32. The lowest BCUT2D eigenvalue weighted by molar-refractivity contribution is 0.174. The molecule has 0 unspecified atom stereocenters. The number of benzene rings is 2. The summed E-state index contributed by atoms with van der Waals surface area (Å²) in [6, 6.07) is 16.1. The summed E-state index contributed by atoms with van der Waals surface area (Å²) in [7, 11) is 0. The van der Waals surface area contributed by atoms with Crippen molar-refractivity contribution >= 4 is 0 Å². The minimum Gasteiger partial charge on any atom is -0.454 e. The Labute approximate surface area is 167 Å². The van der Waals surface area contributed by atoms with Crippen LogP contribution in [0.5, 0.6) is 17.4 Å². The predicted molar refractivity (Wildman–Crippen MR) is 105 cm³/mol. The zero-order chi connectivity index (χ0) is 20.0. The first-order valence-electron chi connectivity index (χ1n) is 9.34. The van der Waals surface area contributed by atoms with Crippen molar-refractivity contribution < 1.29 is 14.2 Å². The van der Waals surface area contributed by atoms with Crippen molar-refractivity contribution in [1.82, 2.24) is 10.2 Å². The highest BCUT2D eigenvalue weighted by Crippen LogP contribution is 2.46. The fourth-order valence-corrected chi connectivity index (χ4v) is 3.80. The zero-order valence-corrected chi connectivity index (χ0v) is 15.7. The van der Waals surface area contributed by atoms with Crippen LogP contribution in [0, 0.1) is 11.3 Å². The van der Waals surface area contributed by atoms with Gasteiger partial charge < -0.3 is 19.9 Å². The van der Waals surface area contributed by atoms with E-state index in [4.69, 9.17) is 19.9 Å². The number of hydrogen-bond acceptors (Lipinski definition) is 6. The van der Waals surface area contributed by atoms with Gasteiger partial charge in [0.15, 0.2) is 11.5 Å². The van der Waals surface area contributed by atoms with Crippen LogP contribution in [0.15, 0.2) is 53.9 Å². The summed E-state index contributed by atoms with van der Waals surface area (Å²) in [4.78, 5) is 0. The van der Waals surface area contributed by atoms with E-state index >= 15 is 0 Å². The minimum absolute atomic E-state index is 0.0771. The van der Waals surface area contributed by atoms with E-state index in [9.17, 15) is 5.26 Å². The molecule has 7 heteroatoms. The van der Waals surface area contributed by atoms with Crippen LogP contribution in [0.1, 0.15) is 29.5 Å². The van der Waals surface area contributed by atoms with Gasteiger partial charge >= 0.3 is 0 Å². The number of aryl methyl sites for hydroxylation is 1. The maximum absolute atomic E-state index is 9.81. The van der Waals surface area contributed by atoms with Crippen molar-refractivity contribution in [3.05, 3.63) is 70.6 Å². The van der Waals surface area contributed by atoms with Crippen LogP contribution in [0.3, 0.4) is 0 Å². The number of ether oxygens (including phenoxy) is 3. The molecule has 0 amide bonds. The molecule has 2 aliphatic heterocycles. The predicted octanol–water partition coefficient (Wildman–Crippen LogP) is 3.59. The highest BCUT2D eigenvalue weighted by atomic mass is 16.7. The minimum atomic E-state index is -0.381. The van der Waals surface area contributed by atoms with Crippen molar-refractivity contribution in [3.63, 3.8) is 0 Å². The number of aromatic nitrogens is 2. The molecule has 1 aromatic heterocycles. The maximum Gasteiger partial charge on any atom is 0.244 e. The third kappa shape index (κ3) is 2.69. The van der Waals surface area contributed by atoms with E-state index in [0.29, 0.717) is 23.0 Å². The van der Waals surface area contributed by atoms with Crippen LogP contribution in [-0.2, 0) is 6.42 Å². The maximum atomic E-state index is 9.81. The van der Waals surface area contributed by atoms with Crippen LogP contribution in [0.2, 0.25) is 0 Å². The van der Waals surface area contributed by atoms with Crippen molar-refractivity contribution in [2.45, 2.75) is 19.3 Å². The summed E-state index contributed by atoms with van der Waals surface area (Å²) >= 11 is 0. The average molecular weight is 386 g/mol. The number of aromatic amines is 1. The number of rotatable bonds is 3. The normalized spacial score (nSPS) is 16.9. The monoisotopic (exact) mass is 386 g/mol. The van der Waals surface area contributed by atoms with E-state index in [2.05, 4.69) is 35.3 Å². The summed E-state index contributed by atoms with van der Waals surface area (Å²) in [6.45, 7) is 2.31. The Morgan fingerprint density at radius 3 is 2.72 bits per heavy atom. The number of nitrogens with one attached hydrogen (secondary N) is 1. The van der Waals surface area contributed by atoms with Gasteiger partial charge in [0.1, 0.15) is 11.6 Å². The summed E-state index contributed by atoms with van der Waals surface area (Å²) in [6.07, 6.45) is 0.941. The highest BCUT2D eigenvalue weighted by molar-refractivity contribution is 5.73. The lowest BCUT2D eigenvalue weighted by atomic mass is 9.82. The average Bonchev–Trinajstić information content (AvgIpc) is 3.39. The van der Waals surface area contributed by atoms with E-state index in [1.165, 1.54) is 5.56 Å². The fourth-order valence-electron chi connectivity index (χ4n) is 3.80. The standard InChI is InChI=1S/C22H18N4O3/c1-2-12-3-5-13(6-4-12)18-15(10-23)21(24)29-22-19(18)20(25-26-22)14-7-8-16-17(9-14)28-11-27-16/h3-9,18H,2,11,24H2,1H3,(H,25,26)/t18-/m1/s1. The fraction of sp³-hybridized carbons (Fsp3) is 0.182. The number of H-pyrrole nitrogens is 1. The molecule has 2 aromatic carbocycles. The van der Waals surface area contributed by atoms with Gasteiger partial charge in [-0.1, -0.05) is 31.2 Å². The Hall–Kier alpha value is -3.92. The van der Waals surface area contributed by atoms with Gasteiger partial charge in [-0.3, -0.25) is 5.10 Å². The van der Waals surface area contributed by atoms with Gasteiger partial charge in [0.2, 0.25) is 18.6 Å². The molecule has 0 saturated heterocycles. The van der Waals surface area contributed by atoms with Crippen molar-refractivity contribution in [3.8, 4) is 34.7 Å². The first-order chi connectivity index (χ1) is 14.2. The van der Waals surface area contributed by atoms with Gasteiger partial charge in [-0.2, -0.15) is 5.26 Å². The van der Waals surface area contributed by atoms with Gasteiger partial charge in [-0.05, 0) is 35.7 Å². The molecule has 0 fully saturated rings. The summed E-state index contributed by atoms with van der Waals surface area (Å²) in [5.41, 5.74) is 11.0. The first-order valence-corrected chi connectivity index (χ1v) is 9.34. The number of allylic oxidation sites excluding steroid dienone is 1. The molecule has 0 aliphatic carbocycles. The first kappa shape index (κ1) is 17.2. The number of hydrogen-bond donors (Lipinski definition) is 2. The Morgan fingerprint density at radius 2 is 1.97 bits per heavy atom. The second-order valence-electron chi connectivity index (χ2n) is 6.91. The molecule has 0 saturated carbocycles. The molecule has 0 radical (unpaired) electrons. The van der Waals surface area contributed by atoms with Gasteiger partial charge in [0, 0.05) is 5.56 Å². The molecule has 144 valence electrons.